The number of rotatable bonds is 3. The predicted molar refractivity (Wildman–Crippen MR) is 89.8 cm³/mol. The average molecular weight is 390 g/mol. The minimum absolute atomic E-state index is 0. The van der Waals surface area contributed by atoms with Gasteiger partial charge in [0.2, 0.25) is 0 Å². The predicted octanol–water partition coefficient (Wildman–Crippen LogP) is 1.56. The van der Waals surface area contributed by atoms with E-state index in [2.05, 4.69) is 15.6 Å². The third-order valence-corrected chi connectivity index (χ3v) is 2.93. The Bertz CT molecular complexity index is 476. The highest BCUT2D eigenvalue weighted by molar-refractivity contribution is 14.0. The first-order chi connectivity index (χ1) is 9.24. The van der Waals surface area contributed by atoms with Gasteiger partial charge in [-0.1, -0.05) is 12.1 Å². The van der Waals surface area contributed by atoms with Gasteiger partial charge in [0.05, 0.1) is 6.54 Å². The molecule has 1 heterocycles. The second kappa shape index (κ2) is 7.93. The molecule has 6 nitrogen and oxygen atoms in total. The van der Waals surface area contributed by atoms with Crippen molar-refractivity contribution in [2.75, 3.05) is 32.1 Å². The molecule has 2 N–H and O–H groups in total. The van der Waals surface area contributed by atoms with Gasteiger partial charge in [0, 0.05) is 26.3 Å². The smallest absolute Gasteiger partial charge is 0.414 e. The van der Waals surface area contributed by atoms with Crippen molar-refractivity contribution in [3.05, 3.63) is 29.8 Å². The molecular formula is C13H19IN4O2. The number of benzene rings is 1. The number of carbonyl (C=O) groups is 1. The average Bonchev–Trinajstić information content (AvgIpc) is 2.87. The molecule has 0 unspecified atom stereocenters. The fraction of sp³-hybridized carbons (Fsp3) is 0.385. The van der Waals surface area contributed by atoms with E-state index < -0.39 is 0 Å². The summed E-state index contributed by atoms with van der Waals surface area (Å²) in [4.78, 5) is 17.1. The van der Waals surface area contributed by atoms with E-state index in [0.29, 0.717) is 19.7 Å². The van der Waals surface area contributed by atoms with Crippen LogP contribution in [-0.4, -0.2) is 39.3 Å². The van der Waals surface area contributed by atoms with Crippen molar-refractivity contribution in [3.8, 4) is 0 Å². The zero-order valence-corrected chi connectivity index (χ0v) is 13.9. The summed E-state index contributed by atoms with van der Waals surface area (Å²) < 4.78 is 4.91. The number of hydrogen-bond donors (Lipinski definition) is 2. The van der Waals surface area contributed by atoms with Crippen LogP contribution in [0.25, 0.3) is 0 Å². The van der Waals surface area contributed by atoms with Crippen molar-refractivity contribution in [1.82, 2.24) is 10.6 Å². The lowest BCUT2D eigenvalue weighted by Gasteiger charge is -2.13. The van der Waals surface area contributed by atoms with Crippen LogP contribution in [0.2, 0.25) is 0 Å². The molecule has 1 fully saturated rings. The normalized spacial score (nSPS) is 14.6. The van der Waals surface area contributed by atoms with Crippen LogP contribution in [0.5, 0.6) is 0 Å². The number of nitrogens with zero attached hydrogens (tertiary/aromatic N) is 2. The van der Waals surface area contributed by atoms with Gasteiger partial charge in [-0.15, -0.1) is 24.0 Å². The lowest BCUT2D eigenvalue weighted by atomic mass is 10.2. The summed E-state index contributed by atoms with van der Waals surface area (Å²) in [6, 6.07) is 7.81. The number of nitrogens with one attached hydrogen (secondary N) is 2. The lowest BCUT2D eigenvalue weighted by Crippen LogP contribution is -2.34. The van der Waals surface area contributed by atoms with Crippen LogP contribution in [-0.2, 0) is 11.3 Å². The summed E-state index contributed by atoms with van der Waals surface area (Å²) in [5, 5.41) is 6.12. The Kier molecular flexibility index (Phi) is 6.56. The Labute approximate surface area is 135 Å². The molecule has 7 heteroatoms. The summed E-state index contributed by atoms with van der Waals surface area (Å²) in [5.41, 5.74) is 1.98. The van der Waals surface area contributed by atoms with Gasteiger partial charge in [-0.3, -0.25) is 9.89 Å². The molecule has 0 radical (unpaired) electrons. The summed E-state index contributed by atoms with van der Waals surface area (Å²) in [7, 11) is 3.54. The molecule has 1 saturated heterocycles. The van der Waals surface area contributed by atoms with Crippen molar-refractivity contribution >= 4 is 41.7 Å². The Hall–Kier alpha value is -1.51. The highest BCUT2D eigenvalue weighted by Crippen LogP contribution is 2.19. The lowest BCUT2D eigenvalue weighted by molar-refractivity contribution is 0.181. The van der Waals surface area contributed by atoms with E-state index >= 15 is 0 Å². The molecule has 0 bridgehead atoms. The molecule has 1 aromatic carbocycles. The van der Waals surface area contributed by atoms with E-state index in [1.165, 1.54) is 0 Å². The van der Waals surface area contributed by atoms with E-state index in [9.17, 15) is 4.79 Å². The summed E-state index contributed by atoms with van der Waals surface area (Å²) in [5.74, 6) is 0.743. The van der Waals surface area contributed by atoms with Gasteiger partial charge in [0.15, 0.2) is 5.96 Å². The Morgan fingerprint density at radius 2 is 2.10 bits per heavy atom. The van der Waals surface area contributed by atoms with E-state index in [-0.39, 0.29) is 30.1 Å². The molecule has 2 rings (SSSR count). The zero-order chi connectivity index (χ0) is 13.7. The van der Waals surface area contributed by atoms with Gasteiger partial charge in [-0.2, -0.15) is 0 Å². The number of guanidine groups is 1. The maximum atomic E-state index is 11.4. The molecule has 1 aliphatic heterocycles. The van der Waals surface area contributed by atoms with Gasteiger partial charge in [-0.25, -0.2) is 4.79 Å². The number of aliphatic imine (C=N–C) groups is 1. The van der Waals surface area contributed by atoms with Crippen molar-refractivity contribution < 1.29 is 9.53 Å². The molecular weight excluding hydrogens is 371 g/mol. The van der Waals surface area contributed by atoms with Crippen LogP contribution in [0.15, 0.2) is 29.3 Å². The van der Waals surface area contributed by atoms with Crippen molar-refractivity contribution in [3.63, 3.8) is 0 Å². The fourth-order valence-electron chi connectivity index (χ4n) is 1.89. The highest BCUT2D eigenvalue weighted by atomic mass is 127. The molecule has 1 amide bonds. The standard InChI is InChI=1S/C13H18N4O2.HI/c1-14-12(15-2)16-9-10-3-5-11(6-4-10)17-7-8-19-13(17)18;/h3-6H,7-9H2,1-2H3,(H2,14,15,16);1H. The molecule has 0 aliphatic carbocycles. The van der Waals surface area contributed by atoms with E-state index in [4.69, 9.17) is 4.74 Å². The third kappa shape index (κ3) is 3.99. The molecule has 1 aliphatic rings. The molecule has 1 aromatic rings. The topological polar surface area (TPSA) is 66.0 Å². The van der Waals surface area contributed by atoms with Crippen LogP contribution in [0.1, 0.15) is 5.56 Å². The number of ether oxygens (including phenoxy) is 1. The Balaban J connectivity index is 0.00000200. The summed E-state index contributed by atoms with van der Waals surface area (Å²) in [6.07, 6.45) is -0.276. The molecule has 0 atom stereocenters. The zero-order valence-electron chi connectivity index (χ0n) is 11.5. The molecule has 20 heavy (non-hydrogen) atoms. The summed E-state index contributed by atoms with van der Waals surface area (Å²) >= 11 is 0. The van der Waals surface area contributed by atoms with Crippen LogP contribution in [0, 0.1) is 0 Å². The first-order valence-electron chi connectivity index (χ1n) is 6.16. The summed E-state index contributed by atoms with van der Waals surface area (Å²) in [6.45, 7) is 1.75. The second-order valence-electron chi connectivity index (χ2n) is 4.11. The van der Waals surface area contributed by atoms with Crippen molar-refractivity contribution in [2.24, 2.45) is 4.99 Å². The highest BCUT2D eigenvalue weighted by Gasteiger charge is 2.23. The van der Waals surface area contributed by atoms with Gasteiger partial charge in [0.1, 0.15) is 6.61 Å². The fourth-order valence-corrected chi connectivity index (χ4v) is 1.89. The third-order valence-electron chi connectivity index (χ3n) is 2.93. The maximum absolute atomic E-state index is 11.4. The minimum atomic E-state index is -0.276. The van der Waals surface area contributed by atoms with E-state index in [0.717, 1.165) is 17.2 Å². The number of hydrogen-bond acceptors (Lipinski definition) is 3. The maximum Gasteiger partial charge on any atom is 0.414 e. The number of anilines is 1. The monoisotopic (exact) mass is 390 g/mol. The molecule has 0 aromatic heterocycles. The second-order valence-corrected chi connectivity index (χ2v) is 4.11. The van der Waals surface area contributed by atoms with Gasteiger partial charge in [0.25, 0.3) is 0 Å². The van der Waals surface area contributed by atoms with Crippen LogP contribution < -0.4 is 15.5 Å². The SMILES string of the molecule is CN=C(NC)NCc1ccc(N2CCOC2=O)cc1.I. The van der Waals surface area contributed by atoms with Crippen LogP contribution in [0.4, 0.5) is 10.5 Å². The number of halogens is 1. The first-order valence-corrected chi connectivity index (χ1v) is 6.16. The van der Waals surface area contributed by atoms with Crippen LogP contribution in [0.3, 0.4) is 0 Å². The van der Waals surface area contributed by atoms with Gasteiger partial charge in [-0.05, 0) is 17.7 Å². The largest absolute Gasteiger partial charge is 0.447 e. The Morgan fingerprint density at radius 1 is 1.40 bits per heavy atom. The molecule has 0 saturated carbocycles. The number of carbonyl (C=O) groups excluding carboxylic acids is 1. The Morgan fingerprint density at radius 3 is 2.60 bits per heavy atom. The van der Waals surface area contributed by atoms with Crippen LogP contribution >= 0.6 is 24.0 Å². The minimum Gasteiger partial charge on any atom is -0.447 e. The van der Waals surface area contributed by atoms with E-state index in [1.54, 1.807) is 11.9 Å². The van der Waals surface area contributed by atoms with Crippen molar-refractivity contribution in [1.29, 1.82) is 0 Å². The number of amides is 1. The quantitative estimate of drug-likeness (QED) is 0.467. The van der Waals surface area contributed by atoms with Gasteiger partial charge >= 0.3 is 6.09 Å². The molecule has 110 valence electrons. The van der Waals surface area contributed by atoms with Crippen molar-refractivity contribution in [2.45, 2.75) is 6.54 Å². The number of cyclic esters (lactones) is 1. The van der Waals surface area contributed by atoms with E-state index in [1.807, 2.05) is 31.3 Å². The first kappa shape index (κ1) is 16.5. The van der Waals surface area contributed by atoms with Gasteiger partial charge < -0.3 is 15.4 Å². The molecule has 0 spiro atoms.